The highest BCUT2D eigenvalue weighted by Gasteiger charge is 2.27. The second kappa shape index (κ2) is 8.82. The largest absolute Gasteiger partial charge is 0.451 e. The fourth-order valence-electron chi connectivity index (χ4n) is 3.73. The van der Waals surface area contributed by atoms with E-state index in [1.54, 1.807) is 17.9 Å². The summed E-state index contributed by atoms with van der Waals surface area (Å²) in [5.41, 5.74) is 1.33. The Balaban J connectivity index is 1.35. The molecule has 1 aromatic heterocycles. The van der Waals surface area contributed by atoms with Gasteiger partial charge < -0.3 is 9.32 Å². The molecular weight excluding hydrogens is 459 g/mol. The molecule has 0 atom stereocenters. The molecule has 1 fully saturated rings. The van der Waals surface area contributed by atoms with Crippen molar-refractivity contribution in [3.8, 4) is 0 Å². The highest BCUT2D eigenvalue weighted by atomic mass is 35.5. The number of carbonyl (C=O) groups is 1. The Kier molecular flexibility index (Phi) is 6.30. The molecule has 164 valence electrons. The van der Waals surface area contributed by atoms with E-state index in [0.29, 0.717) is 47.9 Å². The number of aryl methyl sites for hydroxylation is 1. The molecule has 1 N–H and O–H groups in total. The van der Waals surface area contributed by atoms with Gasteiger partial charge in [0, 0.05) is 30.0 Å². The average molecular weight is 481 g/mol. The molecule has 9 heteroatoms. The van der Waals surface area contributed by atoms with Gasteiger partial charge in [-0.3, -0.25) is 4.79 Å². The van der Waals surface area contributed by atoms with Crippen molar-refractivity contribution in [2.45, 2.75) is 24.7 Å². The molecule has 0 radical (unpaired) electrons. The number of carbonyl (C=O) groups excluding carboxylic acids is 1. The first-order valence-corrected chi connectivity index (χ1v) is 12.2. The maximum absolute atomic E-state index is 12.8. The number of fused-ring (bicyclic) bond motifs is 1. The molecule has 0 aliphatic carbocycles. The van der Waals surface area contributed by atoms with Gasteiger partial charge in [0.25, 0.3) is 5.91 Å². The van der Waals surface area contributed by atoms with Crippen LogP contribution >= 0.6 is 23.2 Å². The number of rotatable bonds is 5. The molecule has 6 nitrogen and oxygen atoms in total. The van der Waals surface area contributed by atoms with E-state index in [4.69, 9.17) is 27.6 Å². The Labute approximate surface area is 191 Å². The van der Waals surface area contributed by atoms with Gasteiger partial charge in [-0.25, -0.2) is 13.1 Å². The number of para-hydroxylation sites is 1. The SMILES string of the molecule is Cc1cc(S(=O)(=O)NCC2CCN(C(=O)c3cc4ccccc4o3)CC2)c(Cl)cc1Cl. The minimum absolute atomic E-state index is 0.0218. The normalized spacial score (nSPS) is 15.5. The molecule has 0 saturated carbocycles. The summed E-state index contributed by atoms with van der Waals surface area (Å²) in [7, 11) is -3.75. The number of furan rings is 1. The van der Waals surface area contributed by atoms with Crippen LogP contribution in [-0.2, 0) is 10.0 Å². The van der Waals surface area contributed by atoms with Crippen LogP contribution in [0.25, 0.3) is 11.0 Å². The zero-order chi connectivity index (χ0) is 22.2. The van der Waals surface area contributed by atoms with Crippen LogP contribution in [0.4, 0.5) is 0 Å². The summed E-state index contributed by atoms with van der Waals surface area (Å²) in [5.74, 6) is 0.313. The van der Waals surface area contributed by atoms with Crippen molar-refractivity contribution in [3.63, 3.8) is 0 Å². The third kappa shape index (κ3) is 4.75. The number of nitrogens with zero attached hydrogens (tertiary/aromatic N) is 1. The molecule has 4 rings (SSSR count). The summed E-state index contributed by atoms with van der Waals surface area (Å²) in [5, 5.41) is 1.41. The monoisotopic (exact) mass is 480 g/mol. The Morgan fingerprint density at radius 3 is 2.55 bits per heavy atom. The van der Waals surface area contributed by atoms with Gasteiger partial charge in [-0.2, -0.15) is 0 Å². The number of hydrogen-bond acceptors (Lipinski definition) is 4. The van der Waals surface area contributed by atoms with Crippen LogP contribution in [0.5, 0.6) is 0 Å². The van der Waals surface area contributed by atoms with E-state index in [-0.39, 0.29) is 28.3 Å². The van der Waals surface area contributed by atoms with Crippen LogP contribution in [0.2, 0.25) is 10.0 Å². The lowest BCUT2D eigenvalue weighted by Crippen LogP contribution is -2.41. The van der Waals surface area contributed by atoms with Crippen molar-refractivity contribution in [3.05, 3.63) is 63.8 Å². The maximum Gasteiger partial charge on any atom is 0.289 e. The van der Waals surface area contributed by atoms with E-state index in [9.17, 15) is 13.2 Å². The summed E-state index contributed by atoms with van der Waals surface area (Å²) in [4.78, 5) is 14.5. The molecular formula is C22H22Cl2N2O4S. The molecule has 0 unspecified atom stereocenters. The Bertz CT molecular complexity index is 1200. The minimum Gasteiger partial charge on any atom is -0.451 e. The van der Waals surface area contributed by atoms with Crippen LogP contribution in [0.3, 0.4) is 0 Å². The first kappa shape index (κ1) is 22.1. The third-order valence-electron chi connectivity index (χ3n) is 5.60. The number of piperidine rings is 1. The third-order valence-corrected chi connectivity index (χ3v) is 7.90. The highest BCUT2D eigenvalue weighted by Crippen LogP contribution is 2.29. The van der Waals surface area contributed by atoms with Crippen LogP contribution in [0.1, 0.15) is 29.0 Å². The molecule has 2 heterocycles. The summed E-state index contributed by atoms with van der Waals surface area (Å²) >= 11 is 12.1. The topological polar surface area (TPSA) is 79.6 Å². The van der Waals surface area contributed by atoms with Gasteiger partial charge >= 0.3 is 0 Å². The fourth-order valence-corrected chi connectivity index (χ4v) is 5.67. The molecule has 0 spiro atoms. The molecule has 2 aromatic carbocycles. The van der Waals surface area contributed by atoms with Gasteiger partial charge in [0.1, 0.15) is 10.5 Å². The van der Waals surface area contributed by atoms with E-state index >= 15 is 0 Å². The summed E-state index contributed by atoms with van der Waals surface area (Å²) in [6.07, 6.45) is 1.39. The lowest BCUT2D eigenvalue weighted by Gasteiger charge is -2.31. The van der Waals surface area contributed by atoms with Crippen LogP contribution in [-0.4, -0.2) is 38.9 Å². The van der Waals surface area contributed by atoms with E-state index in [1.807, 2.05) is 24.3 Å². The average Bonchev–Trinajstić information content (AvgIpc) is 3.19. The molecule has 0 bridgehead atoms. The van der Waals surface area contributed by atoms with E-state index in [2.05, 4.69) is 4.72 Å². The van der Waals surface area contributed by atoms with E-state index in [1.165, 1.54) is 12.1 Å². The Morgan fingerprint density at radius 2 is 1.84 bits per heavy atom. The number of benzene rings is 2. The van der Waals surface area contributed by atoms with Crippen molar-refractivity contribution in [2.75, 3.05) is 19.6 Å². The predicted octanol–water partition coefficient (Wildman–Crippen LogP) is 4.88. The van der Waals surface area contributed by atoms with Crippen molar-refractivity contribution in [1.82, 2.24) is 9.62 Å². The first-order chi connectivity index (χ1) is 14.7. The fraction of sp³-hybridized carbons (Fsp3) is 0.318. The number of hydrogen-bond donors (Lipinski definition) is 1. The Morgan fingerprint density at radius 1 is 1.13 bits per heavy atom. The smallest absolute Gasteiger partial charge is 0.289 e. The van der Waals surface area contributed by atoms with Gasteiger partial charge in [-0.1, -0.05) is 41.4 Å². The number of nitrogens with one attached hydrogen (secondary N) is 1. The van der Waals surface area contributed by atoms with Gasteiger partial charge in [0.15, 0.2) is 5.76 Å². The Hall–Kier alpha value is -2.06. The second-order valence-electron chi connectivity index (χ2n) is 7.77. The quantitative estimate of drug-likeness (QED) is 0.564. The lowest BCUT2D eigenvalue weighted by atomic mass is 9.97. The van der Waals surface area contributed by atoms with Crippen molar-refractivity contribution >= 4 is 50.1 Å². The van der Waals surface area contributed by atoms with E-state index < -0.39 is 10.0 Å². The predicted molar refractivity (Wildman–Crippen MR) is 121 cm³/mol. The van der Waals surface area contributed by atoms with E-state index in [0.717, 1.165) is 5.39 Å². The molecule has 1 aliphatic rings. The first-order valence-electron chi connectivity index (χ1n) is 9.98. The van der Waals surface area contributed by atoms with Crippen LogP contribution in [0, 0.1) is 12.8 Å². The van der Waals surface area contributed by atoms with Gasteiger partial charge in [-0.15, -0.1) is 0 Å². The van der Waals surface area contributed by atoms with Crippen molar-refractivity contribution in [2.24, 2.45) is 5.92 Å². The minimum atomic E-state index is -3.75. The van der Waals surface area contributed by atoms with Crippen LogP contribution in [0.15, 0.2) is 51.8 Å². The molecule has 1 saturated heterocycles. The van der Waals surface area contributed by atoms with Crippen molar-refractivity contribution in [1.29, 1.82) is 0 Å². The number of halogens is 2. The standard InChI is InChI=1S/C22H22Cl2N2O4S/c1-14-10-21(18(24)12-17(14)23)31(28,29)25-13-15-6-8-26(9-7-15)22(27)20-11-16-4-2-3-5-19(16)30-20/h2-5,10-12,15,25H,6-9,13H2,1H3. The molecule has 1 amide bonds. The zero-order valence-corrected chi connectivity index (χ0v) is 19.2. The summed E-state index contributed by atoms with van der Waals surface area (Å²) in [6.45, 7) is 3.10. The molecule has 31 heavy (non-hydrogen) atoms. The molecule has 1 aliphatic heterocycles. The molecule has 3 aromatic rings. The second-order valence-corrected chi connectivity index (χ2v) is 10.3. The van der Waals surface area contributed by atoms with Gasteiger partial charge in [0.2, 0.25) is 10.0 Å². The number of amides is 1. The van der Waals surface area contributed by atoms with Crippen molar-refractivity contribution < 1.29 is 17.6 Å². The number of likely N-dealkylation sites (tertiary alicyclic amines) is 1. The lowest BCUT2D eigenvalue weighted by molar-refractivity contribution is 0.0662. The van der Waals surface area contributed by atoms with Gasteiger partial charge in [-0.05, 0) is 55.5 Å². The maximum atomic E-state index is 12.8. The zero-order valence-electron chi connectivity index (χ0n) is 16.9. The summed E-state index contributed by atoms with van der Waals surface area (Å²) < 4.78 is 33.7. The summed E-state index contributed by atoms with van der Waals surface area (Å²) in [6, 6.07) is 12.2. The number of sulfonamides is 1. The van der Waals surface area contributed by atoms with Gasteiger partial charge in [0.05, 0.1) is 5.02 Å². The van der Waals surface area contributed by atoms with Crippen LogP contribution < -0.4 is 4.72 Å². The highest BCUT2D eigenvalue weighted by molar-refractivity contribution is 7.89.